The van der Waals surface area contributed by atoms with Crippen LogP contribution in [0.25, 0.3) is 0 Å². The van der Waals surface area contributed by atoms with E-state index in [1.54, 1.807) is 4.68 Å². The zero-order valence-electron chi connectivity index (χ0n) is 64.4. The van der Waals surface area contributed by atoms with Crippen molar-refractivity contribution in [1.82, 2.24) is 59.4 Å². The molecule has 3 fully saturated rings. The minimum absolute atomic E-state index is 0. The second-order valence-corrected chi connectivity index (χ2v) is 49.1. The van der Waals surface area contributed by atoms with E-state index in [9.17, 15) is 25.6 Å². The molecule has 24 nitrogen and oxygen atoms in total. The van der Waals surface area contributed by atoms with Crippen molar-refractivity contribution in [2.45, 2.75) is 272 Å². The zero-order chi connectivity index (χ0) is 73.5. The van der Waals surface area contributed by atoms with E-state index in [1.807, 2.05) is 0 Å². The van der Waals surface area contributed by atoms with Crippen LogP contribution >= 0.6 is 0 Å². The Labute approximate surface area is 650 Å². The Morgan fingerprint density at radius 3 is 1.27 bits per heavy atom. The van der Waals surface area contributed by atoms with Gasteiger partial charge < -0.3 is 49.8 Å². The number of aliphatic hydroxyl groups excluding tert-OH is 1. The van der Waals surface area contributed by atoms with Crippen LogP contribution in [0.2, 0.25) is 51.4 Å². The second kappa shape index (κ2) is 36.2. The number of aromatic amines is 1. The number of aliphatic hydroxyl groups is 1. The van der Waals surface area contributed by atoms with E-state index >= 15 is 0 Å². The summed E-state index contributed by atoms with van der Waals surface area (Å²) in [7, 11) is -3.21. The van der Waals surface area contributed by atoms with Crippen LogP contribution in [0.1, 0.15) is 163 Å². The molecular formula is C75H116N15NaO9S3Si2. The number of hydrogen-bond acceptors (Lipinski definition) is 21. The molecule has 3 aromatic heterocycles. The molecule has 15 rings (SSSR count). The van der Waals surface area contributed by atoms with Gasteiger partial charge in [-0.25, -0.2) is 31.3 Å². The number of ether oxygens (including phenoxy) is 2. The Bertz CT molecular complexity index is 4140. The summed E-state index contributed by atoms with van der Waals surface area (Å²) in [5.41, 5.74) is 20.1. The van der Waals surface area contributed by atoms with Gasteiger partial charge in [-0.2, -0.15) is 15.0 Å². The largest absolute Gasteiger partial charge is 1.00 e. The first-order chi connectivity index (χ1) is 49.8. The Morgan fingerprint density at radius 1 is 0.524 bits per heavy atom. The average molecular weight is 1550 g/mol. The SMILES string of the molecule is CN1CCCC1CCO.CN1CCCC1CCS(=O)(=O)c1nc(Nc2c3c(cc4c2CCC4)CCC3)n(COCC[Si](C)(C)C)n1.CN1CCCC1CCS(=O)(=O)c1nc(Nc2c3c(cc4c2CCC4)CCC3)n[nH]1.C[Si](C)(C)CCOCn1nc(S(=O)[O-])nc1Nc1c2c(cc3c1CCC3)CCC2.[Na+]. The monoisotopic (exact) mass is 1550 g/mol. The Balaban J connectivity index is 0.000000149. The molecule has 105 heavy (non-hydrogen) atoms. The molecule has 30 heteroatoms. The van der Waals surface area contributed by atoms with Crippen molar-refractivity contribution in [3.63, 3.8) is 0 Å². The van der Waals surface area contributed by atoms with Crippen LogP contribution < -0.4 is 45.5 Å². The third kappa shape index (κ3) is 20.8. The molecule has 6 aromatic rings. The Kier molecular flexibility index (Phi) is 28.2. The number of benzene rings is 3. The van der Waals surface area contributed by atoms with Gasteiger partial charge in [0.1, 0.15) is 13.5 Å². The van der Waals surface area contributed by atoms with Crippen LogP contribution in [0.15, 0.2) is 33.7 Å². The van der Waals surface area contributed by atoms with Gasteiger partial charge in [-0.1, -0.05) is 57.5 Å². The van der Waals surface area contributed by atoms with Gasteiger partial charge >= 0.3 is 29.6 Å². The molecule has 0 radical (unpaired) electrons. The van der Waals surface area contributed by atoms with E-state index in [-0.39, 0.29) is 70.0 Å². The molecule has 4 atom stereocenters. The molecule has 0 amide bonds. The predicted molar refractivity (Wildman–Crippen MR) is 415 cm³/mol. The van der Waals surface area contributed by atoms with E-state index in [2.05, 4.69) is 145 Å². The number of anilines is 6. The molecule has 3 aromatic carbocycles. The number of rotatable bonds is 27. The molecule has 4 unspecified atom stereocenters. The van der Waals surface area contributed by atoms with Crippen molar-refractivity contribution in [2.24, 2.45) is 0 Å². The van der Waals surface area contributed by atoms with Crippen LogP contribution in [0, 0.1) is 0 Å². The maximum Gasteiger partial charge on any atom is 1.00 e. The van der Waals surface area contributed by atoms with Crippen molar-refractivity contribution in [1.29, 1.82) is 0 Å². The molecule has 0 saturated carbocycles. The van der Waals surface area contributed by atoms with Crippen molar-refractivity contribution in [3.05, 3.63) is 85.0 Å². The summed E-state index contributed by atoms with van der Waals surface area (Å²) >= 11 is -2.48. The topological polar surface area (TPSA) is 296 Å². The number of likely N-dealkylation sites (tertiary alicyclic amines) is 3. The summed E-state index contributed by atoms with van der Waals surface area (Å²) in [6.07, 6.45) is 29.2. The van der Waals surface area contributed by atoms with Gasteiger partial charge in [0.25, 0.3) is 5.16 Å². The molecule has 6 heterocycles. The number of fused-ring (bicyclic) bond motifs is 6. The maximum atomic E-state index is 13.3. The van der Waals surface area contributed by atoms with Crippen molar-refractivity contribution < 1.29 is 69.7 Å². The number of H-pyrrole nitrogens is 1. The maximum absolute atomic E-state index is 13.3. The fourth-order valence-electron chi connectivity index (χ4n) is 16.9. The van der Waals surface area contributed by atoms with Gasteiger partial charge in [0.2, 0.25) is 47.8 Å². The molecule has 9 aliphatic rings. The first-order valence-corrected chi connectivity index (χ1v) is 50.6. The fourth-order valence-corrected chi connectivity index (χ4v) is 21.1. The van der Waals surface area contributed by atoms with Crippen molar-refractivity contribution >= 4 is 81.8 Å². The standard InChI is InChI=1S/C27H43N5O3SSi.C21H29N5O2S.C20H30N4O3SSi.C7H15NO.Na/c1-31-14-7-10-22(31)13-16-36(33,34)27-29-26(32(30-27)19-35-15-17-37(2,3)4)28-25-23-11-5-8-20(23)18-21-9-6-12-24(21)25;1-26-11-4-7-16(26)10-12-29(27,28)21-23-20(24-25-21)22-19-17-8-2-5-14(17)13-15-6-3-9-18(15)19;1-29(2,3)11-10-27-13-24-19(22-20(23-24)28(25)26)21-18-16-8-4-6-14(16)12-15-7-5-9-17(15)18;1-8-5-2-3-7(8)4-6-9;/h18,22H,5-17,19H2,1-4H3,(H,28,29,30);13,16H,2-12H2,1H3,(H2,22,23,24,25);12H,4-11,13H2,1-3H3,(H,25,26)(H,21,22,23);7,9H,2-6H2,1H3;/q;;;;+1/p-1. The average Bonchev–Trinajstić information content (AvgIpc) is 1.65. The third-order valence-electron chi connectivity index (χ3n) is 23.0. The zero-order valence-corrected chi connectivity index (χ0v) is 70.8. The smallest absolute Gasteiger partial charge is 0.766 e. The van der Waals surface area contributed by atoms with Crippen molar-refractivity contribution in [2.75, 3.05) is 88.1 Å². The van der Waals surface area contributed by atoms with E-state index in [1.165, 1.54) is 104 Å². The van der Waals surface area contributed by atoms with Crippen LogP contribution in [0.3, 0.4) is 0 Å². The number of sulfone groups is 2. The number of aryl methyl sites for hydroxylation is 6. The normalized spacial score (nSPS) is 20.1. The summed E-state index contributed by atoms with van der Waals surface area (Å²) in [5, 5.41) is 34.2. The molecule has 5 N–H and O–H groups in total. The summed E-state index contributed by atoms with van der Waals surface area (Å²) in [6, 6.07) is 10.6. The minimum atomic E-state index is -3.60. The molecule has 572 valence electrons. The molecule has 0 spiro atoms. The van der Waals surface area contributed by atoms with E-state index < -0.39 is 46.9 Å². The second-order valence-electron chi connectivity index (χ2n) is 33.0. The summed E-state index contributed by atoms with van der Waals surface area (Å²) in [5.74, 6) is 1.44. The fraction of sp³-hybridized carbons (Fsp3) is 0.680. The van der Waals surface area contributed by atoms with Crippen molar-refractivity contribution in [3.8, 4) is 0 Å². The van der Waals surface area contributed by atoms with E-state index in [0.717, 1.165) is 177 Å². The predicted octanol–water partition coefficient (Wildman–Crippen LogP) is 8.37. The van der Waals surface area contributed by atoms with Gasteiger partial charge in [0, 0.05) is 82.2 Å². The van der Waals surface area contributed by atoms with Crippen LogP contribution in [-0.4, -0.2) is 196 Å². The Morgan fingerprint density at radius 2 is 0.895 bits per heavy atom. The first kappa shape index (κ1) is 81.7. The van der Waals surface area contributed by atoms with Crippen LogP contribution in [0.4, 0.5) is 34.9 Å². The van der Waals surface area contributed by atoms with Gasteiger partial charge in [-0.15, -0.1) is 15.3 Å². The molecule has 0 bridgehead atoms. The van der Waals surface area contributed by atoms with Gasteiger partial charge in [-0.3, -0.25) is 4.21 Å². The third-order valence-corrected chi connectivity index (χ3v) is 29.9. The first-order valence-electron chi connectivity index (χ1n) is 38.8. The number of nitrogens with one attached hydrogen (secondary N) is 4. The number of nitrogens with zero attached hydrogens (tertiary/aromatic N) is 11. The molecule has 3 saturated heterocycles. The number of hydrogen-bond donors (Lipinski definition) is 5. The molecular weight excluding hydrogens is 1430 g/mol. The molecule has 3 aliphatic heterocycles. The van der Waals surface area contributed by atoms with Crippen LogP contribution in [0.5, 0.6) is 0 Å². The summed E-state index contributed by atoms with van der Waals surface area (Å²) in [4.78, 5) is 20.0. The van der Waals surface area contributed by atoms with Crippen LogP contribution in [-0.2, 0) is 131 Å². The molecule has 6 aliphatic carbocycles. The quantitative estimate of drug-likeness (QED) is 0.0184. The number of aromatic nitrogens is 9. The van der Waals surface area contributed by atoms with E-state index in [0.29, 0.717) is 68.6 Å². The van der Waals surface area contributed by atoms with Gasteiger partial charge in [-0.05, 0) is 293 Å². The van der Waals surface area contributed by atoms with Gasteiger partial charge in [0.05, 0.1) is 11.5 Å². The Hall–Kier alpha value is -4.32. The minimum Gasteiger partial charge on any atom is -0.766 e. The summed E-state index contributed by atoms with van der Waals surface area (Å²) in [6.45, 7) is 19.2. The summed E-state index contributed by atoms with van der Waals surface area (Å²) < 4.78 is 90.0. The van der Waals surface area contributed by atoms with E-state index in [4.69, 9.17) is 14.6 Å². The van der Waals surface area contributed by atoms with Gasteiger partial charge in [0.15, 0.2) is 0 Å².